The number of hydrogen-bond acceptors (Lipinski definition) is 5. The smallest absolute Gasteiger partial charge is 0.337 e. The Morgan fingerprint density at radius 3 is 2.52 bits per heavy atom. The number of benzene rings is 2. The number of fused-ring (bicyclic) bond motifs is 1. The number of amides is 1. The lowest BCUT2D eigenvalue weighted by molar-refractivity contribution is 0.0600. The summed E-state index contributed by atoms with van der Waals surface area (Å²) in [7, 11) is 1.35. The van der Waals surface area contributed by atoms with Crippen LogP contribution in [0.4, 0.5) is 0 Å². The fourth-order valence-corrected chi connectivity index (χ4v) is 4.04. The molecule has 0 unspecified atom stereocenters. The van der Waals surface area contributed by atoms with Crippen molar-refractivity contribution in [2.75, 3.05) is 20.3 Å². The first kappa shape index (κ1) is 21.0. The van der Waals surface area contributed by atoms with Crippen LogP contribution < -0.4 is 4.80 Å². The van der Waals surface area contributed by atoms with Gasteiger partial charge in [-0.3, -0.25) is 4.79 Å². The van der Waals surface area contributed by atoms with Gasteiger partial charge < -0.3 is 14.0 Å². The maximum atomic E-state index is 12.8. The zero-order valence-corrected chi connectivity index (χ0v) is 17.8. The molecule has 1 heterocycles. The number of aromatic nitrogens is 1. The van der Waals surface area contributed by atoms with Gasteiger partial charge in [-0.2, -0.15) is 4.99 Å². The molecular formula is C22H24N2O4S. The second-order valence-corrected chi connectivity index (χ2v) is 7.63. The minimum absolute atomic E-state index is 0.294. The van der Waals surface area contributed by atoms with Crippen molar-refractivity contribution in [2.45, 2.75) is 27.3 Å². The van der Waals surface area contributed by atoms with E-state index >= 15 is 0 Å². The number of hydrogen-bond donors (Lipinski definition) is 0. The van der Waals surface area contributed by atoms with Crippen LogP contribution in [0, 0.1) is 13.8 Å². The molecule has 0 N–H and O–H groups in total. The van der Waals surface area contributed by atoms with E-state index in [1.165, 1.54) is 18.4 Å². The molecule has 152 valence electrons. The van der Waals surface area contributed by atoms with E-state index in [1.807, 2.05) is 43.5 Å². The van der Waals surface area contributed by atoms with Crippen LogP contribution in [0.1, 0.15) is 38.8 Å². The van der Waals surface area contributed by atoms with Crippen LogP contribution in [0.3, 0.4) is 0 Å². The molecular weight excluding hydrogens is 388 g/mol. The molecule has 29 heavy (non-hydrogen) atoms. The van der Waals surface area contributed by atoms with Gasteiger partial charge >= 0.3 is 5.97 Å². The molecule has 0 aliphatic carbocycles. The van der Waals surface area contributed by atoms with Crippen molar-refractivity contribution < 1.29 is 19.1 Å². The standard InChI is InChI=1S/C22H24N2O4S/c1-5-28-11-10-24-18-9-8-17(21(26)27-4)13-19(18)29-22(24)23-20(25)16-7-6-14(2)15(3)12-16/h6-9,12-13H,5,10-11H2,1-4H3. The third-order valence-corrected chi connectivity index (χ3v) is 5.76. The van der Waals surface area contributed by atoms with E-state index in [1.54, 1.807) is 18.2 Å². The molecule has 0 saturated carbocycles. The lowest BCUT2D eigenvalue weighted by Gasteiger charge is -2.06. The number of carbonyl (C=O) groups is 2. The molecule has 0 fully saturated rings. The average Bonchev–Trinajstić information content (AvgIpc) is 3.05. The number of ether oxygens (including phenoxy) is 2. The molecule has 0 saturated heterocycles. The third-order valence-electron chi connectivity index (χ3n) is 4.72. The first-order chi connectivity index (χ1) is 13.9. The minimum atomic E-state index is -0.397. The summed E-state index contributed by atoms with van der Waals surface area (Å²) >= 11 is 1.37. The highest BCUT2D eigenvalue weighted by molar-refractivity contribution is 7.16. The second kappa shape index (κ2) is 9.15. The van der Waals surface area contributed by atoms with Crippen molar-refractivity contribution in [3.8, 4) is 0 Å². The Balaban J connectivity index is 2.08. The van der Waals surface area contributed by atoms with Crippen molar-refractivity contribution in [3.05, 3.63) is 63.5 Å². The third kappa shape index (κ3) is 4.63. The SMILES string of the molecule is CCOCCn1c(=NC(=O)c2ccc(C)c(C)c2)sc2cc(C(=O)OC)ccc21. The van der Waals surface area contributed by atoms with Crippen molar-refractivity contribution in [2.24, 2.45) is 4.99 Å². The van der Waals surface area contributed by atoms with Gasteiger partial charge in [0.05, 0.1) is 29.5 Å². The molecule has 3 rings (SSSR count). The summed E-state index contributed by atoms with van der Waals surface area (Å²) in [5.74, 6) is -0.691. The highest BCUT2D eigenvalue weighted by Crippen LogP contribution is 2.20. The molecule has 7 heteroatoms. The number of thiazole rings is 1. The van der Waals surface area contributed by atoms with Crippen molar-refractivity contribution in [3.63, 3.8) is 0 Å². The van der Waals surface area contributed by atoms with E-state index in [0.717, 1.165) is 21.3 Å². The minimum Gasteiger partial charge on any atom is -0.465 e. The van der Waals surface area contributed by atoms with Gasteiger partial charge in [0.1, 0.15) is 0 Å². The van der Waals surface area contributed by atoms with E-state index in [2.05, 4.69) is 4.99 Å². The first-order valence-corrected chi connectivity index (χ1v) is 10.2. The lowest BCUT2D eigenvalue weighted by Crippen LogP contribution is -2.19. The Bertz CT molecular complexity index is 1130. The van der Waals surface area contributed by atoms with Gasteiger partial charge in [0.2, 0.25) is 0 Å². The Morgan fingerprint density at radius 2 is 1.83 bits per heavy atom. The van der Waals surface area contributed by atoms with Crippen molar-refractivity contribution in [1.29, 1.82) is 0 Å². The highest BCUT2D eigenvalue weighted by Gasteiger charge is 2.13. The zero-order valence-electron chi connectivity index (χ0n) is 17.0. The highest BCUT2D eigenvalue weighted by atomic mass is 32.1. The van der Waals surface area contributed by atoms with Crippen molar-refractivity contribution >= 4 is 33.4 Å². The molecule has 0 aliphatic heterocycles. The van der Waals surface area contributed by atoms with Crippen LogP contribution in [0.25, 0.3) is 10.2 Å². The maximum absolute atomic E-state index is 12.8. The quantitative estimate of drug-likeness (QED) is 0.455. The summed E-state index contributed by atoms with van der Waals surface area (Å²) in [6, 6.07) is 10.9. The summed E-state index contributed by atoms with van der Waals surface area (Å²) in [5, 5.41) is 0. The van der Waals surface area contributed by atoms with Crippen LogP contribution in [0.2, 0.25) is 0 Å². The van der Waals surface area contributed by atoms with E-state index < -0.39 is 5.97 Å². The van der Waals surface area contributed by atoms with E-state index in [4.69, 9.17) is 9.47 Å². The molecule has 2 aromatic carbocycles. The summed E-state index contributed by atoms with van der Waals surface area (Å²) in [5.41, 5.74) is 4.09. The Kier molecular flexibility index (Phi) is 6.61. The number of esters is 1. The molecule has 0 radical (unpaired) electrons. The predicted molar refractivity (Wildman–Crippen MR) is 113 cm³/mol. The van der Waals surface area contributed by atoms with Gasteiger partial charge in [0.25, 0.3) is 5.91 Å². The molecule has 1 aromatic heterocycles. The number of aryl methyl sites for hydroxylation is 2. The van der Waals surface area contributed by atoms with Crippen molar-refractivity contribution in [1.82, 2.24) is 4.57 Å². The first-order valence-electron chi connectivity index (χ1n) is 9.40. The second-order valence-electron chi connectivity index (χ2n) is 6.62. The van der Waals surface area contributed by atoms with E-state index in [9.17, 15) is 9.59 Å². The maximum Gasteiger partial charge on any atom is 0.337 e. The Morgan fingerprint density at radius 1 is 1.07 bits per heavy atom. The number of carbonyl (C=O) groups excluding carboxylic acids is 2. The van der Waals surface area contributed by atoms with E-state index in [0.29, 0.717) is 35.7 Å². The van der Waals surface area contributed by atoms with Gasteiger partial charge in [-0.1, -0.05) is 17.4 Å². The van der Waals surface area contributed by atoms with Gasteiger partial charge in [-0.05, 0) is 62.2 Å². The fourth-order valence-electron chi connectivity index (χ4n) is 2.95. The van der Waals surface area contributed by atoms with Gasteiger partial charge in [-0.25, -0.2) is 4.79 Å². The van der Waals surface area contributed by atoms with Crippen LogP contribution in [0.5, 0.6) is 0 Å². The van der Waals surface area contributed by atoms with Crippen LogP contribution >= 0.6 is 11.3 Å². The molecule has 3 aromatic rings. The monoisotopic (exact) mass is 412 g/mol. The normalized spacial score (nSPS) is 11.8. The molecule has 0 bridgehead atoms. The van der Waals surface area contributed by atoms with Crippen LogP contribution in [-0.2, 0) is 16.0 Å². The lowest BCUT2D eigenvalue weighted by atomic mass is 10.1. The molecule has 0 atom stereocenters. The summed E-state index contributed by atoms with van der Waals surface area (Å²) < 4.78 is 13.1. The summed E-state index contributed by atoms with van der Waals surface area (Å²) in [6.45, 7) is 7.60. The zero-order chi connectivity index (χ0) is 21.0. The Labute approximate surface area is 173 Å². The number of nitrogens with zero attached hydrogens (tertiary/aromatic N) is 2. The molecule has 6 nitrogen and oxygen atoms in total. The molecule has 1 amide bonds. The van der Waals surface area contributed by atoms with Gasteiger partial charge in [0, 0.05) is 18.7 Å². The number of rotatable bonds is 6. The number of methoxy groups -OCH3 is 1. The Hall–Kier alpha value is -2.77. The molecule has 0 spiro atoms. The van der Waals surface area contributed by atoms with Crippen LogP contribution in [0.15, 0.2) is 41.4 Å². The largest absolute Gasteiger partial charge is 0.465 e. The fraction of sp³-hybridized carbons (Fsp3) is 0.318. The predicted octanol–water partition coefficient (Wildman–Crippen LogP) is 3.88. The summed E-state index contributed by atoms with van der Waals surface area (Å²) in [4.78, 5) is 29.6. The van der Waals surface area contributed by atoms with Gasteiger partial charge in [-0.15, -0.1) is 0 Å². The molecule has 0 aliphatic rings. The average molecular weight is 413 g/mol. The topological polar surface area (TPSA) is 69.9 Å². The van der Waals surface area contributed by atoms with Crippen LogP contribution in [-0.4, -0.2) is 36.8 Å². The van der Waals surface area contributed by atoms with E-state index in [-0.39, 0.29) is 5.91 Å². The summed E-state index contributed by atoms with van der Waals surface area (Å²) in [6.07, 6.45) is 0. The van der Waals surface area contributed by atoms with Gasteiger partial charge in [0.15, 0.2) is 4.80 Å².